The molecule has 0 bridgehead atoms. The van der Waals surface area contributed by atoms with E-state index in [-0.39, 0.29) is 5.97 Å². The van der Waals surface area contributed by atoms with E-state index in [9.17, 15) is 4.79 Å². The van der Waals surface area contributed by atoms with E-state index < -0.39 is 0 Å². The summed E-state index contributed by atoms with van der Waals surface area (Å²) >= 11 is 5.03. The molecule has 0 aromatic heterocycles. The molecule has 4 heteroatoms. The average molecular weight is 277 g/mol. The molecule has 0 heterocycles. The molecule has 0 aromatic carbocycles. The van der Waals surface area contributed by atoms with Gasteiger partial charge in [-0.3, -0.25) is 0 Å². The van der Waals surface area contributed by atoms with Gasteiger partial charge in [-0.2, -0.15) is 0 Å². The van der Waals surface area contributed by atoms with E-state index in [1.165, 1.54) is 0 Å². The third-order valence-corrected chi connectivity index (χ3v) is 3.37. The molecule has 1 rings (SSSR count). The van der Waals surface area contributed by atoms with Crippen LogP contribution in [-0.4, -0.2) is 18.8 Å². The molecule has 0 radical (unpaired) electrons. The molecule has 0 atom stereocenters. The van der Waals surface area contributed by atoms with Crippen molar-refractivity contribution in [2.45, 2.75) is 19.8 Å². The van der Waals surface area contributed by atoms with Crippen LogP contribution in [0.3, 0.4) is 0 Å². The highest BCUT2D eigenvalue weighted by atomic mass is 79.9. The Hall–Kier alpha value is -0.220. The highest BCUT2D eigenvalue weighted by molar-refractivity contribution is 9.11. The second-order valence-corrected chi connectivity index (χ2v) is 4.73. The molecular formula is C10H13BrO2S. The molecule has 0 saturated heterocycles. The quantitative estimate of drug-likeness (QED) is 0.741. The second kappa shape index (κ2) is 5.61. The van der Waals surface area contributed by atoms with E-state index in [0.29, 0.717) is 6.61 Å². The van der Waals surface area contributed by atoms with Crippen molar-refractivity contribution in [3.05, 3.63) is 21.0 Å². The molecular weight excluding hydrogens is 264 g/mol. The summed E-state index contributed by atoms with van der Waals surface area (Å²) in [5, 5.41) is 0. The average Bonchev–Trinajstić information content (AvgIpc) is 2.17. The topological polar surface area (TPSA) is 26.3 Å². The lowest BCUT2D eigenvalue weighted by Crippen LogP contribution is -2.11. The van der Waals surface area contributed by atoms with Gasteiger partial charge in [-0.25, -0.2) is 4.79 Å². The first-order chi connectivity index (χ1) is 6.69. The van der Waals surface area contributed by atoms with Crippen molar-refractivity contribution in [1.29, 1.82) is 0 Å². The summed E-state index contributed by atoms with van der Waals surface area (Å²) in [5.41, 5.74) is 0.808. The third-order valence-electron chi connectivity index (χ3n) is 1.94. The van der Waals surface area contributed by atoms with Crippen LogP contribution in [0, 0.1) is 0 Å². The molecule has 0 unspecified atom stereocenters. The minimum Gasteiger partial charge on any atom is -0.463 e. The largest absolute Gasteiger partial charge is 0.463 e. The smallest absolute Gasteiger partial charge is 0.335 e. The minimum atomic E-state index is -0.173. The maximum Gasteiger partial charge on any atom is 0.335 e. The summed E-state index contributed by atoms with van der Waals surface area (Å²) < 4.78 is 6.14. The van der Waals surface area contributed by atoms with Crippen molar-refractivity contribution < 1.29 is 9.53 Å². The first-order valence-electron chi connectivity index (χ1n) is 4.49. The Morgan fingerprint density at radius 3 is 2.93 bits per heavy atom. The highest BCUT2D eigenvalue weighted by Crippen LogP contribution is 2.32. The van der Waals surface area contributed by atoms with Crippen LogP contribution in [0.4, 0.5) is 0 Å². The predicted octanol–water partition coefficient (Wildman–Crippen LogP) is 3.24. The molecule has 1 aliphatic rings. The Balaban J connectivity index is 2.87. The Bertz CT molecular complexity index is 294. The van der Waals surface area contributed by atoms with Crippen molar-refractivity contribution >= 4 is 33.7 Å². The molecule has 0 fully saturated rings. The molecule has 78 valence electrons. The van der Waals surface area contributed by atoms with Gasteiger partial charge in [0.05, 0.1) is 12.2 Å². The summed E-state index contributed by atoms with van der Waals surface area (Å²) in [5.74, 6) is -0.173. The number of rotatable bonds is 3. The van der Waals surface area contributed by atoms with Gasteiger partial charge in [-0.15, -0.1) is 11.8 Å². The van der Waals surface area contributed by atoms with Gasteiger partial charge in [-0.1, -0.05) is 15.9 Å². The number of esters is 1. The number of thioether (sulfide) groups is 1. The maximum absolute atomic E-state index is 11.5. The lowest BCUT2D eigenvalue weighted by Gasteiger charge is -2.15. The normalized spacial score (nSPS) is 16.6. The summed E-state index contributed by atoms with van der Waals surface area (Å²) in [4.78, 5) is 12.6. The Morgan fingerprint density at radius 2 is 2.36 bits per heavy atom. The number of halogens is 1. The fourth-order valence-corrected chi connectivity index (χ4v) is 2.54. The van der Waals surface area contributed by atoms with E-state index in [2.05, 4.69) is 15.9 Å². The summed E-state index contributed by atoms with van der Waals surface area (Å²) in [6, 6.07) is 0. The lowest BCUT2D eigenvalue weighted by molar-refractivity contribution is -0.138. The number of carbonyl (C=O) groups is 1. The molecule has 0 N–H and O–H groups in total. The zero-order valence-corrected chi connectivity index (χ0v) is 10.7. The number of ether oxygens (including phenoxy) is 1. The lowest BCUT2D eigenvalue weighted by atomic mass is 10.1. The van der Waals surface area contributed by atoms with Crippen molar-refractivity contribution in [3.63, 3.8) is 0 Å². The van der Waals surface area contributed by atoms with Crippen molar-refractivity contribution in [2.24, 2.45) is 0 Å². The molecule has 14 heavy (non-hydrogen) atoms. The summed E-state index contributed by atoms with van der Waals surface area (Å²) in [6.07, 6.45) is 5.63. The van der Waals surface area contributed by atoms with Crippen LogP contribution >= 0.6 is 27.7 Å². The molecule has 0 amide bonds. The zero-order chi connectivity index (χ0) is 10.6. The van der Waals surface area contributed by atoms with Crippen molar-refractivity contribution in [1.82, 2.24) is 0 Å². The first kappa shape index (κ1) is 11.9. The van der Waals surface area contributed by atoms with Gasteiger partial charge < -0.3 is 4.74 Å². The van der Waals surface area contributed by atoms with E-state index in [0.717, 1.165) is 27.8 Å². The van der Waals surface area contributed by atoms with Crippen LogP contribution in [0.25, 0.3) is 0 Å². The second-order valence-electron chi connectivity index (χ2n) is 2.86. The van der Waals surface area contributed by atoms with Gasteiger partial charge in [0.25, 0.3) is 0 Å². The van der Waals surface area contributed by atoms with Gasteiger partial charge in [0, 0.05) is 4.91 Å². The fourth-order valence-electron chi connectivity index (χ4n) is 1.27. The Kier molecular flexibility index (Phi) is 4.75. The van der Waals surface area contributed by atoms with Crippen LogP contribution in [-0.2, 0) is 9.53 Å². The van der Waals surface area contributed by atoms with Crippen LogP contribution in [0.5, 0.6) is 0 Å². The van der Waals surface area contributed by atoms with Crippen LogP contribution in [0.15, 0.2) is 21.0 Å². The van der Waals surface area contributed by atoms with E-state index in [1.54, 1.807) is 11.8 Å². The number of allylic oxidation sites excluding steroid dienone is 2. The monoisotopic (exact) mass is 276 g/mol. The molecule has 0 saturated carbocycles. The molecule has 0 aromatic rings. The van der Waals surface area contributed by atoms with Crippen molar-refractivity contribution in [2.75, 3.05) is 12.9 Å². The zero-order valence-electron chi connectivity index (χ0n) is 8.30. The number of carbonyl (C=O) groups excluding carboxylic acids is 1. The molecule has 2 nitrogen and oxygen atoms in total. The van der Waals surface area contributed by atoms with Crippen molar-refractivity contribution in [3.8, 4) is 0 Å². The molecule has 1 aliphatic carbocycles. The SMILES string of the molecule is CCOC(=O)C1=C(SC)C=C(Br)CC1. The molecule has 0 aliphatic heterocycles. The standard InChI is InChI=1S/C10H13BrO2S/c1-3-13-10(12)8-5-4-7(11)6-9(8)14-2/h6H,3-5H2,1-2H3. The minimum absolute atomic E-state index is 0.173. The van der Waals surface area contributed by atoms with Gasteiger partial charge in [0.15, 0.2) is 0 Å². The summed E-state index contributed by atoms with van der Waals surface area (Å²) in [7, 11) is 0. The van der Waals surface area contributed by atoms with Gasteiger partial charge in [-0.05, 0) is 36.6 Å². The van der Waals surface area contributed by atoms with Crippen LogP contribution in [0.1, 0.15) is 19.8 Å². The van der Waals surface area contributed by atoms with Gasteiger partial charge in [0.1, 0.15) is 0 Å². The third kappa shape index (κ3) is 2.89. The number of hydrogen-bond donors (Lipinski definition) is 0. The fraction of sp³-hybridized carbons (Fsp3) is 0.500. The Morgan fingerprint density at radius 1 is 1.64 bits per heavy atom. The van der Waals surface area contributed by atoms with Gasteiger partial charge in [0.2, 0.25) is 0 Å². The predicted molar refractivity (Wildman–Crippen MR) is 63.4 cm³/mol. The molecule has 0 spiro atoms. The highest BCUT2D eigenvalue weighted by Gasteiger charge is 2.18. The van der Waals surface area contributed by atoms with E-state index in [1.807, 2.05) is 19.3 Å². The van der Waals surface area contributed by atoms with Gasteiger partial charge >= 0.3 is 5.97 Å². The van der Waals surface area contributed by atoms with E-state index in [4.69, 9.17) is 4.74 Å². The van der Waals surface area contributed by atoms with E-state index >= 15 is 0 Å². The van der Waals surface area contributed by atoms with Crippen LogP contribution < -0.4 is 0 Å². The summed E-state index contributed by atoms with van der Waals surface area (Å²) in [6.45, 7) is 2.26. The first-order valence-corrected chi connectivity index (χ1v) is 6.51. The Labute approximate surface area is 96.9 Å². The maximum atomic E-state index is 11.5. The number of hydrogen-bond acceptors (Lipinski definition) is 3. The van der Waals surface area contributed by atoms with Crippen LogP contribution in [0.2, 0.25) is 0 Å².